The van der Waals surface area contributed by atoms with Gasteiger partial charge in [-0.05, 0) is 30.3 Å². The van der Waals surface area contributed by atoms with Gasteiger partial charge >= 0.3 is 0 Å². The number of benzene rings is 1. The molecule has 7 heteroatoms. The maximum atomic E-state index is 13.0. The van der Waals surface area contributed by atoms with Crippen LogP contribution in [0.3, 0.4) is 0 Å². The van der Waals surface area contributed by atoms with E-state index >= 15 is 0 Å². The molecule has 1 aromatic heterocycles. The van der Waals surface area contributed by atoms with Gasteiger partial charge in [-0.3, -0.25) is 0 Å². The monoisotopic (exact) mass is 330 g/mol. The molecular formula is C17H19FN4O2. The van der Waals surface area contributed by atoms with Crippen molar-refractivity contribution in [3.8, 4) is 0 Å². The highest BCUT2D eigenvalue weighted by Gasteiger charge is 2.40. The fourth-order valence-corrected chi connectivity index (χ4v) is 3.11. The molecule has 2 aromatic rings. The number of rotatable bonds is 3. The van der Waals surface area contributed by atoms with Crippen molar-refractivity contribution in [3.05, 3.63) is 42.3 Å². The zero-order chi connectivity index (χ0) is 16.4. The van der Waals surface area contributed by atoms with Crippen molar-refractivity contribution in [2.24, 2.45) is 0 Å². The Morgan fingerprint density at radius 1 is 1.04 bits per heavy atom. The molecule has 2 saturated heterocycles. The summed E-state index contributed by atoms with van der Waals surface area (Å²) in [6, 6.07) is 8.01. The minimum atomic E-state index is -0.390. The second kappa shape index (κ2) is 6.33. The average Bonchev–Trinajstić information content (AvgIpc) is 3.06. The Balaban J connectivity index is 1.44. The number of nitrogens with zero attached hydrogens (tertiary/aromatic N) is 3. The molecular weight excluding hydrogens is 311 g/mol. The van der Waals surface area contributed by atoms with Gasteiger partial charge in [-0.2, -0.15) is 4.98 Å². The quantitative estimate of drug-likeness (QED) is 0.934. The van der Waals surface area contributed by atoms with E-state index in [-0.39, 0.29) is 5.82 Å². The Hall–Kier alpha value is -2.25. The molecule has 24 heavy (non-hydrogen) atoms. The molecule has 1 aromatic carbocycles. The molecule has 1 N–H and O–H groups in total. The minimum absolute atomic E-state index is 0.270. The van der Waals surface area contributed by atoms with Crippen LogP contribution in [0, 0.1) is 5.82 Å². The molecule has 2 fully saturated rings. The van der Waals surface area contributed by atoms with E-state index in [9.17, 15) is 4.39 Å². The summed E-state index contributed by atoms with van der Waals surface area (Å²) >= 11 is 0. The van der Waals surface area contributed by atoms with Crippen molar-refractivity contribution in [2.45, 2.75) is 18.6 Å². The largest absolute Gasteiger partial charge is 0.356 e. The van der Waals surface area contributed by atoms with Gasteiger partial charge in [-0.25, -0.2) is 9.37 Å². The number of nitrogens with one attached hydrogen (secondary N) is 1. The highest BCUT2D eigenvalue weighted by atomic mass is 19.1. The van der Waals surface area contributed by atoms with Crippen LogP contribution in [0.5, 0.6) is 0 Å². The third kappa shape index (κ3) is 3.18. The number of anilines is 3. The van der Waals surface area contributed by atoms with Gasteiger partial charge in [0.2, 0.25) is 5.95 Å². The predicted octanol–water partition coefficient (Wildman–Crippen LogP) is 2.70. The third-order valence-corrected chi connectivity index (χ3v) is 4.40. The van der Waals surface area contributed by atoms with Gasteiger partial charge in [-0.1, -0.05) is 0 Å². The summed E-state index contributed by atoms with van der Waals surface area (Å²) in [5, 5.41) is 3.09. The lowest BCUT2D eigenvalue weighted by atomic mass is 10.0. The molecule has 2 aliphatic heterocycles. The SMILES string of the molecule is Fc1ccc(Nc2nccc(N3CCC4(CC3)OCCO4)n2)cc1. The van der Waals surface area contributed by atoms with E-state index < -0.39 is 5.79 Å². The van der Waals surface area contributed by atoms with Gasteiger partial charge in [0, 0.05) is 37.8 Å². The molecule has 2 aliphatic rings. The van der Waals surface area contributed by atoms with Crippen LogP contribution in [0.2, 0.25) is 0 Å². The van der Waals surface area contributed by atoms with E-state index in [0.29, 0.717) is 19.2 Å². The molecule has 0 unspecified atom stereocenters. The molecule has 0 saturated carbocycles. The number of halogens is 1. The Morgan fingerprint density at radius 3 is 2.46 bits per heavy atom. The molecule has 0 amide bonds. The maximum absolute atomic E-state index is 13.0. The summed E-state index contributed by atoms with van der Waals surface area (Å²) in [6.07, 6.45) is 3.39. The molecule has 0 atom stereocenters. The van der Waals surface area contributed by atoms with Crippen molar-refractivity contribution in [2.75, 3.05) is 36.5 Å². The summed E-state index contributed by atoms with van der Waals surface area (Å²) in [5.41, 5.74) is 0.749. The van der Waals surface area contributed by atoms with E-state index in [0.717, 1.165) is 37.4 Å². The Kier molecular flexibility index (Phi) is 4.03. The Bertz CT molecular complexity index is 694. The topological polar surface area (TPSA) is 59.5 Å². The first-order valence-corrected chi connectivity index (χ1v) is 8.11. The summed E-state index contributed by atoms with van der Waals surface area (Å²) in [4.78, 5) is 11.0. The molecule has 3 heterocycles. The Morgan fingerprint density at radius 2 is 1.75 bits per heavy atom. The summed E-state index contributed by atoms with van der Waals surface area (Å²) in [7, 11) is 0. The second-order valence-corrected chi connectivity index (χ2v) is 5.96. The molecule has 0 bridgehead atoms. The van der Waals surface area contributed by atoms with E-state index in [1.807, 2.05) is 6.07 Å². The van der Waals surface area contributed by atoms with Crippen LogP contribution >= 0.6 is 0 Å². The highest BCUT2D eigenvalue weighted by molar-refractivity contribution is 5.54. The van der Waals surface area contributed by atoms with Gasteiger partial charge in [0.25, 0.3) is 0 Å². The fraction of sp³-hybridized carbons (Fsp3) is 0.412. The molecule has 1 spiro atoms. The van der Waals surface area contributed by atoms with Crippen molar-refractivity contribution in [3.63, 3.8) is 0 Å². The lowest BCUT2D eigenvalue weighted by Gasteiger charge is -2.38. The smallest absolute Gasteiger partial charge is 0.229 e. The minimum Gasteiger partial charge on any atom is -0.356 e. The van der Waals surface area contributed by atoms with Crippen molar-refractivity contribution >= 4 is 17.5 Å². The molecule has 0 aliphatic carbocycles. The molecule has 6 nitrogen and oxygen atoms in total. The standard InChI is InChI=1S/C17H19FN4O2/c18-13-1-3-14(4-2-13)20-16-19-8-5-15(21-16)22-9-6-17(7-10-22)23-11-12-24-17/h1-5,8H,6-7,9-12H2,(H,19,20,21). The van der Waals surface area contributed by atoms with Crippen LogP contribution in [0.4, 0.5) is 21.8 Å². The molecule has 4 rings (SSSR count). The van der Waals surface area contributed by atoms with Crippen LogP contribution in [0.15, 0.2) is 36.5 Å². The van der Waals surface area contributed by atoms with Crippen LogP contribution < -0.4 is 10.2 Å². The lowest BCUT2D eigenvalue weighted by molar-refractivity contribution is -0.169. The Labute approximate surface area is 139 Å². The third-order valence-electron chi connectivity index (χ3n) is 4.40. The van der Waals surface area contributed by atoms with Crippen molar-refractivity contribution < 1.29 is 13.9 Å². The van der Waals surface area contributed by atoms with Gasteiger partial charge in [0.05, 0.1) is 13.2 Å². The number of hydrogen-bond acceptors (Lipinski definition) is 6. The van der Waals surface area contributed by atoms with Crippen LogP contribution in [0.25, 0.3) is 0 Å². The zero-order valence-corrected chi connectivity index (χ0v) is 13.2. The number of ether oxygens (including phenoxy) is 2. The van der Waals surface area contributed by atoms with E-state index in [1.165, 1.54) is 12.1 Å². The number of piperidine rings is 1. The first-order chi connectivity index (χ1) is 11.7. The average molecular weight is 330 g/mol. The van der Waals surface area contributed by atoms with Crippen molar-refractivity contribution in [1.29, 1.82) is 0 Å². The summed E-state index contributed by atoms with van der Waals surface area (Å²) in [6.45, 7) is 3.01. The van der Waals surface area contributed by atoms with Crippen LogP contribution in [0.1, 0.15) is 12.8 Å². The first-order valence-electron chi connectivity index (χ1n) is 8.11. The zero-order valence-electron chi connectivity index (χ0n) is 13.2. The number of hydrogen-bond donors (Lipinski definition) is 1. The van der Waals surface area contributed by atoms with Gasteiger partial charge in [-0.15, -0.1) is 0 Å². The van der Waals surface area contributed by atoms with E-state index in [2.05, 4.69) is 20.2 Å². The number of aromatic nitrogens is 2. The highest BCUT2D eigenvalue weighted by Crippen LogP contribution is 2.32. The van der Waals surface area contributed by atoms with Crippen LogP contribution in [-0.2, 0) is 9.47 Å². The van der Waals surface area contributed by atoms with Gasteiger partial charge in [0.1, 0.15) is 11.6 Å². The fourth-order valence-electron chi connectivity index (χ4n) is 3.11. The molecule has 126 valence electrons. The molecule has 0 radical (unpaired) electrons. The lowest BCUT2D eigenvalue weighted by Crippen LogP contribution is -2.45. The second-order valence-electron chi connectivity index (χ2n) is 5.96. The summed E-state index contributed by atoms with van der Waals surface area (Å²) in [5.74, 6) is 0.697. The first kappa shape index (κ1) is 15.3. The summed E-state index contributed by atoms with van der Waals surface area (Å²) < 4.78 is 24.5. The van der Waals surface area contributed by atoms with Crippen molar-refractivity contribution in [1.82, 2.24) is 9.97 Å². The normalized spacial score (nSPS) is 19.6. The maximum Gasteiger partial charge on any atom is 0.229 e. The van der Waals surface area contributed by atoms with E-state index in [1.54, 1.807) is 18.3 Å². The van der Waals surface area contributed by atoms with Crippen LogP contribution in [-0.4, -0.2) is 42.1 Å². The predicted molar refractivity (Wildman–Crippen MR) is 87.8 cm³/mol. The van der Waals surface area contributed by atoms with Gasteiger partial charge in [0.15, 0.2) is 5.79 Å². The van der Waals surface area contributed by atoms with E-state index in [4.69, 9.17) is 9.47 Å². The van der Waals surface area contributed by atoms with Gasteiger partial charge < -0.3 is 19.7 Å².